The van der Waals surface area contributed by atoms with Crippen LogP contribution >= 0.6 is 0 Å². The van der Waals surface area contributed by atoms with E-state index in [1.807, 2.05) is 24.3 Å². The smallest absolute Gasteiger partial charge is 0.253 e. The minimum absolute atomic E-state index is 0.161. The van der Waals surface area contributed by atoms with Crippen LogP contribution in [0.4, 0.5) is 0 Å². The molecular formula is C19H17N7O. The topological polar surface area (TPSA) is 90.5 Å². The van der Waals surface area contributed by atoms with E-state index in [9.17, 15) is 4.79 Å². The molecule has 0 saturated heterocycles. The summed E-state index contributed by atoms with van der Waals surface area (Å²) < 4.78 is 3.54. The third-order valence-corrected chi connectivity index (χ3v) is 4.07. The Labute approximate surface area is 155 Å². The number of nitrogens with one attached hydrogen (secondary N) is 1. The lowest BCUT2D eigenvalue weighted by atomic mass is 10.1. The Bertz CT molecular complexity index is 991. The molecule has 0 fully saturated rings. The van der Waals surface area contributed by atoms with Gasteiger partial charge in [0.15, 0.2) is 0 Å². The molecule has 0 aliphatic rings. The predicted molar refractivity (Wildman–Crippen MR) is 98.1 cm³/mol. The molecule has 0 bridgehead atoms. The lowest BCUT2D eigenvalue weighted by molar-refractivity contribution is 0.0950. The summed E-state index contributed by atoms with van der Waals surface area (Å²) in [7, 11) is 0. The van der Waals surface area contributed by atoms with Crippen molar-refractivity contribution in [3.8, 4) is 5.82 Å². The van der Waals surface area contributed by atoms with Crippen molar-refractivity contribution < 1.29 is 4.79 Å². The van der Waals surface area contributed by atoms with Gasteiger partial charge in [0, 0.05) is 25.1 Å². The van der Waals surface area contributed by atoms with Gasteiger partial charge < -0.3 is 5.32 Å². The molecule has 0 saturated carbocycles. The van der Waals surface area contributed by atoms with Crippen LogP contribution in [0.3, 0.4) is 0 Å². The zero-order chi connectivity index (χ0) is 18.5. The molecule has 3 heterocycles. The maximum atomic E-state index is 12.3. The summed E-state index contributed by atoms with van der Waals surface area (Å²) in [5.41, 5.74) is 2.66. The maximum Gasteiger partial charge on any atom is 0.253 e. The highest BCUT2D eigenvalue weighted by atomic mass is 16.1. The quantitative estimate of drug-likeness (QED) is 0.567. The standard InChI is InChI=1S/C19H17N7O/c27-19(17-5-6-18(22-10-17)25-8-7-20-13-25)23-9-15-1-3-16(4-2-15)11-26-14-21-12-24-26/h1-8,10,12-14H,9,11H2,(H,23,27). The van der Waals surface area contributed by atoms with E-state index in [2.05, 4.69) is 25.4 Å². The molecule has 8 heteroatoms. The molecule has 1 aromatic carbocycles. The van der Waals surface area contributed by atoms with Crippen molar-refractivity contribution in [1.29, 1.82) is 0 Å². The first-order valence-corrected chi connectivity index (χ1v) is 8.41. The number of nitrogens with zero attached hydrogens (tertiary/aromatic N) is 6. The fraction of sp³-hybridized carbons (Fsp3) is 0.105. The van der Waals surface area contributed by atoms with E-state index in [0.717, 1.165) is 11.1 Å². The lowest BCUT2D eigenvalue weighted by Crippen LogP contribution is -2.23. The second-order valence-electron chi connectivity index (χ2n) is 5.97. The van der Waals surface area contributed by atoms with Gasteiger partial charge in [-0.05, 0) is 23.3 Å². The Morgan fingerprint density at radius 2 is 1.85 bits per heavy atom. The minimum atomic E-state index is -0.161. The second kappa shape index (κ2) is 7.61. The van der Waals surface area contributed by atoms with Crippen LogP contribution in [-0.4, -0.2) is 35.2 Å². The van der Waals surface area contributed by atoms with Crippen molar-refractivity contribution in [2.75, 3.05) is 0 Å². The molecule has 0 unspecified atom stereocenters. The summed E-state index contributed by atoms with van der Waals surface area (Å²) in [6, 6.07) is 11.6. The first-order chi connectivity index (χ1) is 13.3. The first kappa shape index (κ1) is 16.6. The molecule has 27 heavy (non-hydrogen) atoms. The van der Waals surface area contributed by atoms with Gasteiger partial charge >= 0.3 is 0 Å². The van der Waals surface area contributed by atoms with E-state index in [0.29, 0.717) is 24.5 Å². The lowest BCUT2D eigenvalue weighted by Gasteiger charge is -2.07. The molecule has 1 N–H and O–H groups in total. The van der Waals surface area contributed by atoms with Crippen LogP contribution in [0, 0.1) is 0 Å². The summed E-state index contributed by atoms with van der Waals surface area (Å²) in [4.78, 5) is 24.5. The normalized spacial score (nSPS) is 10.7. The molecule has 0 aliphatic carbocycles. The Kier molecular flexibility index (Phi) is 4.69. The molecule has 8 nitrogen and oxygen atoms in total. The van der Waals surface area contributed by atoms with Crippen LogP contribution in [0.1, 0.15) is 21.5 Å². The highest BCUT2D eigenvalue weighted by Crippen LogP contribution is 2.08. The monoisotopic (exact) mass is 359 g/mol. The van der Waals surface area contributed by atoms with Gasteiger partial charge in [-0.15, -0.1) is 0 Å². The molecule has 1 amide bonds. The number of hydrogen-bond donors (Lipinski definition) is 1. The SMILES string of the molecule is O=C(NCc1ccc(Cn2cncn2)cc1)c1ccc(-n2ccnc2)nc1. The Morgan fingerprint density at radius 3 is 2.52 bits per heavy atom. The number of imidazole rings is 1. The Morgan fingerprint density at radius 1 is 1.00 bits per heavy atom. The molecule has 4 rings (SSSR count). The highest BCUT2D eigenvalue weighted by molar-refractivity contribution is 5.93. The van der Waals surface area contributed by atoms with Crippen LogP contribution in [0.2, 0.25) is 0 Å². The molecule has 0 spiro atoms. The third kappa shape index (κ3) is 4.06. The Balaban J connectivity index is 1.33. The van der Waals surface area contributed by atoms with Crippen molar-refractivity contribution >= 4 is 5.91 Å². The molecule has 0 aliphatic heterocycles. The number of benzene rings is 1. The summed E-state index contributed by atoms with van der Waals surface area (Å²) >= 11 is 0. The third-order valence-electron chi connectivity index (χ3n) is 4.07. The van der Waals surface area contributed by atoms with E-state index < -0.39 is 0 Å². The molecule has 4 aromatic rings. The zero-order valence-corrected chi connectivity index (χ0v) is 14.4. The van der Waals surface area contributed by atoms with E-state index in [1.54, 1.807) is 52.6 Å². The number of hydrogen-bond acceptors (Lipinski definition) is 5. The van der Waals surface area contributed by atoms with Crippen LogP contribution in [0.25, 0.3) is 5.82 Å². The van der Waals surface area contributed by atoms with Crippen molar-refractivity contribution in [2.24, 2.45) is 0 Å². The van der Waals surface area contributed by atoms with Gasteiger partial charge in [-0.2, -0.15) is 5.10 Å². The predicted octanol–water partition coefficient (Wildman–Crippen LogP) is 1.84. The van der Waals surface area contributed by atoms with Crippen LogP contribution in [-0.2, 0) is 13.1 Å². The Hall–Kier alpha value is -3.81. The summed E-state index contributed by atoms with van der Waals surface area (Å²) in [6.45, 7) is 1.12. The van der Waals surface area contributed by atoms with Crippen molar-refractivity contribution in [2.45, 2.75) is 13.1 Å². The van der Waals surface area contributed by atoms with Crippen LogP contribution in [0.15, 0.2) is 74.0 Å². The van der Waals surface area contributed by atoms with Gasteiger partial charge in [0.25, 0.3) is 5.91 Å². The minimum Gasteiger partial charge on any atom is -0.348 e. The van der Waals surface area contributed by atoms with E-state index in [1.165, 1.54) is 6.33 Å². The highest BCUT2D eigenvalue weighted by Gasteiger charge is 2.07. The molecule has 3 aromatic heterocycles. The average molecular weight is 359 g/mol. The molecular weight excluding hydrogens is 342 g/mol. The number of amides is 1. The summed E-state index contributed by atoms with van der Waals surface area (Å²) in [5, 5.41) is 7.00. The van der Waals surface area contributed by atoms with Gasteiger partial charge in [0.05, 0.1) is 12.1 Å². The first-order valence-electron chi connectivity index (χ1n) is 8.41. The number of carbonyl (C=O) groups excluding carboxylic acids is 1. The van der Waals surface area contributed by atoms with Gasteiger partial charge in [0.1, 0.15) is 24.8 Å². The average Bonchev–Trinajstić information content (AvgIpc) is 3.42. The number of aromatic nitrogens is 6. The van der Waals surface area contributed by atoms with Crippen molar-refractivity contribution in [3.63, 3.8) is 0 Å². The summed E-state index contributed by atoms with van der Waals surface area (Å²) in [6.07, 6.45) is 9.90. The molecule has 0 radical (unpaired) electrons. The largest absolute Gasteiger partial charge is 0.348 e. The molecule has 0 atom stereocenters. The van der Waals surface area contributed by atoms with Gasteiger partial charge in [-0.3, -0.25) is 9.36 Å². The van der Waals surface area contributed by atoms with Crippen molar-refractivity contribution in [1.82, 2.24) is 34.6 Å². The van der Waals surface area contributed by atoms with E-state index in [-0.39, 0.29) is 5.91 Å². The van der Waals surface area contributed by atoms with Gasteiger partial charge in [-0.1, -0.05) is 24.3 Å². The summed E-state index contributed by atoms with van der Waals surface area (Å²) in [5.74, 6) is 0.554. The fourth-order valence-corrected chi connectivity index (χ4v) is 2.62. The fourth-order valence-electron chi connectivity index (χ4n) is 2.62. The molecule has 134 valence electrons. The van der Waals surface area contributed by atoms with E-state index in [4.69, 9.17) is 0 Å². The van der Waals surface area contributed by atoms with E-state index >= 15 is 0 Å². The number of pyridine rings is 1. The second-order valence-corrected chi connectivity index (χ2v) is 5.97. The van der Waals surface area contributed by atoms with Crippen LogP contribution < -0.4 is 5.32 Å². The van der Waals surface area contributed by atoms with Crippen LogP contribution in [0.5, 0.6) is 0 Å². The number of rotatable bonds is 6. The number of carbonyl (C=O) groups is 1. The van der Waals surface area contributed by atoms with Gasteiger partial charge in [-0.25, -0.2) is 19.6 Å². The van der Waals surface area contributed by atoms with Crippen molar-refractivity contribution in [3.05, 3.63) is 90.7 Å². The zero-order valence-electron chi connectivity index (χ0n) is 14.4. The van der Waals surface area contributed by atoms with Gasteiger partial charge in [0.2, 0.25) is 0 Å². The maximum absolute atomic E-state index is 12.3.